The molecule has 0 atom stereocenters. The van der Waals surface area contributed by atoms with Crippen LogP contribution in [0.2, 0.25) is 0 Å². The number of hydrogen-bond acceptors (Lipinski definition) is 4. The topological polar surface area (TPSA) is 149 Å². The van der Waals surface area contributed by atoms with Gasteiger partial charge in [0.05, 0.1) is 0 Å². The molecule has 0 rings (SSSR count). The van der Waals surface area contributed by atoms with Crippen molar-refractivity contribution in [2.24, 2.45) is 0 Å². The van der Waals surface area contributed by atoms with Crippen LogP contribution < -0.4 is 0 Å². The molecule has 8 nitrogen and oxygen atoms in total. The van der Waals surface area contributed by atoms with Gasteiger partial charge in [0.2, 0.25) is 0 Å². The molecule has 0 aromatic rings. The monoisotopic (exact) mass is 386 g/mol. The van der Waals surface area contributed by atoms with E-state index in [2.05, 4.69) is 0 Å². The predicted octanol–water partition coefficient (Wildman–Crippen LogP) is 3.71. The number of carboxylic acid groups (broad SMARTS) is 4. The minimum absolute atomic E-state index is 0.197. The third kappa shape index (κ3) is 31.6. The van der Waals surface area contributed by atoms with Crippen LogP contribution in [-0.4, -0.2) is 44.3 Å². The molecule has 154 valence electrons. The molecule has 0 heterocycles. The average Bonchev–Trinajstić information content (AvgIpc) is 2.56. The summed E-state index contributed by atoms with van der Waals surface area (Å²) in [6, 6.07) is 0. The van der Waals surface area contributed by atoms with Gasteiger partial charge in [0.15, 0.2) is 0 Å². The number of unbranched alkanes of at least 4 members (excludes halogenated alkanes) is 7. The zero-order valence-corrected chi connectivity index (χ0v) is 15.5. The lowest BCUT2D eigenvalue weighted by molar-refractivity contribution is -0.138. The van der Waals surface area contributed by atoms with Crippen molar-refractivity contribution >= 4 is 23.9 Å². The summed E-state index contributed by atoms with van der Waals surface area (Å²) in [7, 11) is 0. The van der Waals surface area contributed by atoms with Gasteiger partial charge in [0.25, 0.3) is 0 Å². The predicted molar refractivity (Wildman–Crippen MR) is 99.6 cm³/mol. The third-order valence-electron chi connectivity index (χ3n) is 3.29. The molecule has 27 heavy (non-hydrogen) atoms. The second kappa shape index (κ2) is 19.7. The molecule has 0 saturated carbocycles. The molecular formula is C19H30O8. The van der Waals surface area contributed by atoms with E-state index in [-0.39, 0.29) is 12.8 Å². The van der Waals surface area contributed by atoms with Gasteiger partial charge in [-0.1, -0.05) is 31.4 Å². The normalized spacial score (nSPS) is 10.5. The molecular weight excluding hydrogens is 356 g/mol. The van der Waals surface area contributed by atoms with E-state index in [0.29, 0.717) is 19.3 Å². The summed E-state index contributed by atoms with van der Waals surface area (Å²) in [6.07, 6.45) is 13.1. The fourth-order valence-electron chi connectivity index (χ4n) is 1.98. The van der Waals surface area contributed by atoms with E-state index in [1.54, 1.807) is 12.2 Å². The van der Waals surface area contributed by atoms with Crippen molar-refractivity contribution in [3.8, 4) is 0 Å². The van der Waals surface area contributed by atoms with E-state index < -0.39 is 23.9 Å². The molecule has 0 aliphatic carbocycles. The van der Waals surface area contributed by atoms with Gasteiger partial charge in [0, 0.05) is 25.0 Å². The molecule has 0 radical (unpaired) electrons. The van der Waals surface area contributed by atoms with E-state index in [1.807, 2.05) is 0 Å². The lowest BCUT2D eigenvalue weighted by Crippen LogP contribution is -1.93. The summed E-state index contributed by atoms with van der Waals surface area (Å²) in [5.74, 6) is -3.39. The van der Waals surface area contributed by atoms with Gasteiger partial charge in [-0.05, 0) is 38.5 Å². The fraction of sp³-hybridized carbons (Fsp3) is 0.579. The molecule has 0 saturated heterocycles. The molecule has 4 N–H and O–H groups in total. The van der Waals surface area contributed by atoms with Crippen LogP contribution in [0.15, 0.2) is 24.3 Å². The first-order valence-corrected chi connectivity index (χ1v) is 8.98. The average molecular weight is 386 g/mol. The minimum Gasteiger partial charge on any atom is -0.481 e. The molecule has 0 aliphatic heterocycles. The number of carboxylic acids is 4. The van der Waals surface area contributed by atoms with Crippen LogP contribution in [0.1, 0.15) is 70.6 Å². The zero-order chi connectivity index (χ0) is 20.9. The van der Waals surface area contributed by atoms with E-state index in [1.165, 1.54) is 0 Å². The van der Waals surface area contributed by atoms with Crippen molar-refractivity contribution in [1.82, 2.24) is 0 Å². The maximum atomic E-state index is 10.1. The largest absolute Gasteiger partial charge is 0.481 e. The Morgan fingerprint density at radius 3 is 1.19 bits per heavy atom. The Labute approximate surface area is 159 Å². The summed E-state index contributed by atoms with van der Waals surface area (Å²) >= 11 is 0. The standard InChI is InChI=1S/C10H16O4.C9H14O4/c11-9(12)7-5-3-1-2-4-6-8-10(13)14;10-8(11)6-4-2-1-3-5-7-9(12)13/h5,7H,1-4,6,8H2,(H,11,12)(H,13,14);4,6H,1-3,5,7H2,(H,10,11)(H,12,13)/b7-5+;6-4+. The zero-order valence-electron chi connectivity index (χ0n) is 15.5. The van der Waals surface area contributed by atoms with Crippen molar-refractivity contribution in [3.05, 3.63) is 24.3 Å². The van der Waals surface area contributed by atoms with Crippen molar-refractivity contribution in [2.45, 2.75) is 70.6 Å². The van der Waals surface area contributed by atoms with Gasteiger partial charge in [-0.2, -0.15) is 0 Å². The molecule has 0 bridgehead atoms. The minimum atomic E-state index is -0.939. The number of hydrogen-bond donors (Lipinski definition) is 4. The van der Waals surface area contributed by atoms with Crippen molar-refractivity contribution in [2.75, 3.05) is 0 Å². The molecule has 0 amide bonds. The summed E-state index contributed by atoms with van der Waals surface area (Å²) in [5.41, 5.74) is 0. The van der Waals surface area contributed by atoms with Crippen LogP contribution in [0.25, 0.3) is 0 Å². The maximum absolute atomic E-state index is 10.1. The van der Waals surface area contributed by atoms with Gasteiger partial charge in [-0.15, -0.1) is 0 Å². The van der Waals surface area contributed by atoms with E-state index in [4.69, 9.17) is 20.4 Å². The Balaban J connectivity index is 0. The van der Waals surface area contributed by atoms with Crippen molar-refractivity contribution < 1.29 is 39.6 Å². The maximum Gasteiger partial charge on any atom is 0.327 e. The van der Waals surface area contributed by atoms with Gasteiger partial charge < -0.3 is 20.4 Å². The Bertz CT molecular complexity index is 494. The second-order valence-corrected chi connectivity index (χ2v) is 5.82. The van der Waals surface area contributed by atoms with Gasteiger partial charge in [-0.25, -0.2) is 9.59 Å². The summed E-state index contributed by atoms with van der Waals surface area (Å²) in [4.78, 5) is 40.3. The van der Waals surface area contributed by atoms with Crippen LogP contribution in [0.5, 0.6) is 0 Å². The first kappa shape index (κ1) is 26.6. The molecule has 0 unspecified atom stereocenters. The summed E-state index contributed by atoms with van der Waals surface area (Å²) in [6.45, 7) is 0. The quantitative estimate of drug-likeness (QED) is 0.246. The molecule has 0 fully saturated rings. The fourth-order valence-corrected chi connectivity index (χ4v) is 1.98. The van der Waals surface area contributed by atoms with Gasteiger partial charge in [-0.3, -0.25) is 9.59 Å². The number of allylic oxidation sites excluding steroid dienone is 2. The molecule has 0 spiro atoms. The number of rotatable bonds is 15. The third-order valence-corrected chi connectivity index (χ3v) is 3.29. The van der Waals surface area contributed by atoms with Crippen LogP contribution in [0.4, 0.5) is 0 Å². The van der Waals surface area contributed by atoms with E-state index in [0.717, 1.165) is 50.7 Å². The highest BCUT2D eigenvalue weighted by Crippen LogP contribution is 2.05. The molecule has 8 heteroatoms. The number of aliphatic carboxylic acids is 4. The van der Waals surface area contributed by atoms with E-state index >= 15 is 0 Å². The lowest BCUT2D eigenvalue weighted by Gasteiger charge is -1.96. The van der Waals surface area contributed by atoms with Crippen LogP contribution in [-0.2, 0) is 19.2 Å². The summed E-state index contributed by atoms with van der Waals surface area (Å²) < 4.78 is 0. The Morgan fingerprint density at radius 2 is 0.852 bits per heavy atom. The highest BCUT2D eigenvalue weighted by Gasteiger charge is 1.96. The molecule has 0 aromatic carbocycles. The Hall–Kier alpha value is -2.64. The lowest BCUT2D eigenvalue weighted by atomic mass is 10.1. The first-order chi connectivity index (χ1) is 12.8. The van der Waals surface area contributed by atoms with Crippen molar-refractivity contribution in [3.63, 3.8) is 0 Å². The van der Waals surface area contributed by atoms with Crippen molar-refractivity contribution in [1.29, 1.82) is 0 Å². The van der Waals surface area contributed by atoms with E-state index in [9.17, 15) is 19.2 Å². The first-order valence-electron chi connectivity index (χ1n) is 8.98. The highest BCUT2D eigenvalue weighted by molar-refractivity contribution is 5.79. The molecule has 0 aliphatic rings. The summed E-state index contributed by atoms with van der Waals surface area (Å²) in [5, 5.41) is 33.1. The smallest absolute Gasteiger partial charge is 0.327 e. The highest BCUT2D eigenvalue weighted by atomic mass is 16.4. The van der Waals surface area contributed by atoms with Crippen LogP contribution in [0, 0.1) is 0 Å². The second-order valence-electron chi connectivity index (χ2n) is 5.82. The van der Waals surface area contributed by atoms with Gasteiger partial charge >= 0.3 is 23.9 Å². The Kier molecular flexibility index (Phi) is 19.4. The Morgan fingerprint density at radius 1 is 0.519 bits per heavy atom. The van der Waals surface area contributed by atoms with Crippen LogP contribution >= 0.6 is 0 Å². The number of carbonyl (C=O) groups is 4. The van der Waals surface area contributed by atoms with Gasteiger partial charge in [0.1, 0.15) is 0 Å². The SMILES string of the molecule is O=C(O)/C=C/CCCCCC(=O)O.O=C(O)/C=C/CCCCCCC(=O)O. The molecule has 0 aromatic heterocycles. The van der Waals surface area contributed by atoms with Crippen LogP contribution in [0.3, 0.4) is 0 Å².